The van der Waals surface area contributed by atoms with E-state index in [2.05, 4.69) is 6.58 Å². The molecule has 0 heterocycles. The number of benzene rings is 1. The highest BCUT2D eigenvalue weighted by Crippen LogP contribution is 2.25. The van der Waals surface area contributed by atoms with E-state index in [9.17, 15) is 13.2 Å². The van der Waals surface area contributed by atoms with Crippen LogP contribution in [0, 0.1) is 0 Å². The maximum atomic E-state index is 12.0. The Kier molecular flexibility index (Phi) is 3.12. The summed E-state index contributed by atoms with van der Waals surface area (Å²) >= 11 is 0. The Balaban J connectivity index is 2.71. The van der Waals surface area contributed by atoms with E-state index < -0.39 is 11.7 Å². The summed E-state index contributed by atoms with van der Waals surface area (Å²) in [5, 5.41) is 0. The third kappa shape index (κ3) is 3.09. The Bertz CT molecular complexity index is 333. The van der Waals surface area contributed by atoms with Crippen LogP contribution in [-0.2, 0) is 0 Å². The van der Waals surface area contributed by atoms with Crippen molar-refractivity contribution < 1.29 is 13.2 Å². The summed E-state index contributed by atoms with van der Waals surface area (Å²) in [5.74, 6) is 0. The fourth-order valence-corrected chi connectivity index (χ4v) is 0.855. The molecule has 0 saturated heterocycles. The molecule has 0 unspecified atom stereocenters. The zero-order chi connectivity index (χ0) is 10.6. The van der Waals surface area contributed by atoms with Gasteiger partial charge in [-0.25, -0.2) is 0 Å². The molecule has 0 N–H and O–H groups in total. The standard InChI is InChI=1S/C11H9F3/c1-9(11(12,13)14)7-8-10-5-3-2-4-6-10/h2-8H,1H2. The molecule has 0 nitrogen and oxygen atoms in total. The van der Waals surface area contributed by atoms with Crippen LogP contribution >= 0.6 is 0 Å². The quantitative estimate of drug-likeness (QED) is 0.634. The molecule has 1 aromatic carbocycles. The number of rotatable bonds is 2. The van der Waals surface area contributed by atoms with E-state index in [1.807, 2.05) is 0 Å². The summed E-state index contributed by atoms with van der Waals surface area (Å²) in [6.07, 6.45) is -1.99. The van der Waals surface area contributed by atoms with Crippen molar-refractivity contribution in [2.24, 2.45) is 0 Å². The second-order valence-electron chi connectivity index (χ2n) is 2.77. The fraction of sp³-hybridized carbons (Fsp3) is 0.0909. The van der Waals surface area contributed by atoms with Crippen LogP contribution in [0.5, 0.6) is 0 Å². The summed E-state index contributed by atoms with van der Waals surface area (Å²) in [5.41, 5.74) is -0.126. The topological polar surface area (TPSA) is 0 Å². The van der Waals surface area contributed by atoms with Crippen LogP contribution < -0.4 is 0 Å². The van der Waals surface area contributed by atoms with Gasteiger partial charge in [0.2, 0.25) is 0 Å². The van der Waals surface area contributed by atoms with Gasteiger partial charge in [-0.2, -0.15) is 13.2 Å². The van der Waals surface area contributed by atoms with E-state index in [0.29, 0.717) is 0 Å². The smallest absolute Gasteiger partial charge is 0.166 e. The summed E-state index contributed by atoms with van der Waals surface area (Å²) in [7, 11) is 0. The largest absolute Gasteiger partial charge is 0.415 e. The Labute approximate surface area is 80.4 Å². The highest BCUT2D eigenvalue weighted by molar-refractivity contribution is 5.52. The van der Waals surface area contributed by atoms with E-state index in [1.165, 1.54) is 6.08 Å². The molecule has 0 aliphatic rings. The molecule has 1 aromatic rings. The minimum absolute atomic E-state index is 0.720. The second kappa shape index (κ2) is 4.13. The Morgan fingerprint density at radius 1 is 1.14 bits per heavy atom. The first-order chi connectivity index (χ1) is 6.50. The van der Waals surface area contributed by atoms with Crippen molar-refractivity contribution in [2.75, 3.05) is 0 Å². The van der Waals surface area contributed by atoms with Gasteiger partial charge >= 0.3 is 6.18 Å². The van der Waals surface area contributed by atoms with E-state index in [4.69, 9.17) is 0 Å². The monoisotopic (exact) mass is 198 g/mol. The molecule has 0 fully saturated rings. The SMILES string of the molecule is C=C(C=Cc1ccccc1)C(F)(F)F. The van der Waals surface area contributed by atoms with Gasteiger partial charge in [-0.3, -0.25) is 0 Å². The van der Waals surface area contributed by atoms with Crippen molar-refractivity contribution in [3.63, 3.8) is 0 Å². The zero-order valence-electron chi connectivity index (χ0n) is 7.38. The summed E-state index contributed by atoms with van der Waals surface area (Å²) in [4.78, 5) is 0. The number of allylic oxidation sites excluding steroid dienone is 2. The lowest BCUT2D eigenvalue weighted by Crippen LogP contribution is -2.08. The van der Waals surface area contributed by atoms with Gasteiger partial charge in [-0.1, -0.05) is 49.1 Å². The Morgan fingerprint density at radius 3 is 2.21 bits per heavy atom. The van der Waals surface area contributed by atoms with E-state index in [-0.39, 0.29) is 0 Å². The molecule has 0 aliphatic heterocycles. The molecule has 0 amide bonds. The van der Waals surface area contributed by atoms with E-state index in [1.54, 1.807) is 30.3 Å². The minimum atomic E-state index is -4.34. The van der Waals surface area contributed by atoms with Crippen LogP contribution in [-0.4, -0.2) is 6.18 Å². The van der Waals surface area contributed by atoms with Gasteiger partial charge in [0.15, 0.2) is 0 Å². The number of alkyl halides is 3. The molecule has 0 atom stereocenters. The van der Waals surface area contributed by atoms with Gasteiger partial charge in [0.05, 0.1) is 0 Å². The van der Waals surface area contributed by atoms with Crippen LogP contribution in [0.4, 0.5) is 13.2 Å². The molecule has 0 aromatic heterocycles. The molecule has 0 aliphatic carbocycles. The lowest BCUT2D eigenvalue weighted by Gasteiger charge is -2.04. The zero-order valence-corrected chi connectivity index (χ0v) is 7.38. The van der Waals surface area contributed by atoms with Crippen molar-refractivity contribution in [1.29, 1.82) is 0 Å². The normalized spacial score (nSPS) is 11.9. The molecule has 0 saturated carbocycles. The van der Waals surface area contributed by atoms with Crippen molar-refractivity contribution in [2.45, 2.75) is 6.18 Å². The van der Waals surface area contributed by atoms with Crippen LogP contribution in [0.15, 0.2) is 48.6 Å². The average molecular weight is 198 g/mol. The first-order valence-electron chi connectivity index (χ1n) is 3.99. The predicted octanol–water partition coefficient (Wildman–Crippen LogP) is 3.82. The summed E-state index contributed by atoms with van der Waals surface area (Å²) < 4.78 is 36.0. The van der Waals surface area contributed by atoms with Gasteiger partial charge in [0, 0.05) is 5.57 Å². The second-order valence-corrected chi connectivity index (χ2v) is 2.77. The van der Waals surface area contributed by atoms with Crippen molar-refractivity contribution >= 4 is 6.08 Å². The van der Waals surface area contributed by atoms with Crippen LogP contribution in [0.2, 0.25) is 0 Å². The molecular weight excluding hydrogens is 189 g/mol. The molecule has 0 radical (unpaired) electrons. The van der Waals surface area contributed by atoms with Gasteiger partial charge in [0.1, 0.15) is 0 Å². The van der Waals surface area contributed by atoms with Gasteiger partial charge in [0.25, 0.3) is 0 Å². The van der Waals surface area contributed by atoms with E-state index >= 15 is 0 Å². The number of hydrogen-bond acceptors (Lipinski definition) is 0. The molecular formula is C11H9F3. The Hall–Kier alpha value is -1.51. The van der Waals surface area contributed by atoms with Crippen LogP contribution in [0.25, 0.3) is 6.08 Å². The van der Waals surface area contributed by atoms with Gasteiger partial charge in [-0.05, 0) is 5.56 Å². The molecule has 3 heteroatoms. The minimum Gasteiger partial charge on any atom is -0.166 e. The highest BCUT2D eigenvalue weighted by Gasteiger charge is 2.29. The van der Waals surface area contributed by atoms with Gasteiger partial charge in [-0.15, -0.1) is 0 Å². The first-order valence-corrected chi connectivity index (χ1v) is 3.99. The molecule has 1 rings (SSSR count). The first kappa shape index (κ1) is 10.6. The van der Waals surface area contributed by atoms with Gasteiger partial charge < -0.3 is 0 Å². The van der Waals surface area contributed by atoms with Crippen molar-refractivity contribution in [3.8, 4) is 0 Å². The third-order valence-electron chi connectivity index (χ3n) is 1.64. The van der Waals surface area contributed by atoms with Crippen molar-refractivity contribution in [3.05, 3.63) is 54.1 Å². The molecule has 14 heavy (non-hydrogen) atoms. The fourth-order valence-electron chi connectivity index (χ4n) is 0.855. The maximum absolute atomic E-state index is 12.0. The average Bonchev–Trinajstić information content (AvgIpc) is 2.14. The molecule has 0 bridgehead atoms. The maximum Gasteiger partial charge on any atom is 0.415 e. The third-order valence-corrected chi connectivity index (χ3v) is 1.64. The highest BCUT2D eigenvalue weighted by atomic mass is 19.4. The lowest BCUT2D eigenvalue weighted by molar-refractivity contribution is -0.0877. The number of halogens is 3. The van der Waals surface area contributed by atoms with Crippen LogP contribution in [0.1, 0.15) is 5.56 Å². The molecule has 0 spiro atoms. The molecule has 74 valence electrons. The summed E-state index contributed by atoms with van der Waals surface area (Å²) in [6, 6.07) is 8.77. The Morgan fingerprint density at radius 2 is 1.71 bits per heavy atom. The lowest BCUT2D eigenvalue weighted by atomic mass is 10.2. The summed E-state index contributed by atoms with van der Waals surface area (Å²) in [6.45, 7) is 2.93. The van der Waals surface area contributed by atoms with Crippen molar-refractivity contribution in [1.82, 2.24) is 0 Å². The number of hydrogen-bond donors (Lipinski definition) is 0. The van der Waals surface area contributed by atoms with E-state index in [0.717, 1.165) is 11.6 Å². The predicted molar refractivity (Wildman–Crippen MR) is 50.7 cm³/mol. The van der Waals surface area contributed by atoms with Crippen LogP contribution in [0.3, 0.4) is 0 Å².